The minimum Gasteiger partial charge on any atom is -0.497 e. The molecule has 0 spiro atoms. The third-order valence-electron chi connectivity index (χ3n) is 2.83. The van der Waals surface area contributed by atoms with Gasteiger partial charge in [0, 0.05) is 18.7 Å². The lowest BCUT2D eigenvalue weighted by molar-refractivity contribution is 0.0892. The van der Waals surface area contributed by atoms with Gasteiger partial charge in [-0.1, -0.05) is 0 Å². The molecule has 1 aromatic rings. The Bertz CT molecular complexity index is 409. The molecule has 0 heterocycles. The summed E-state index contributed by atoms with van der Waals surface area (Å²) in [5, 5.41) is 2.88. The fourth-order valence-corrected chi connectivity index (χ4v) is 1.81. The zero-order valence-corrected chi connectivity index (χ0v) is 12.1. The topological polar surface area (TPSA) is 82.8 Å². The summed E-state index contributed by atoms with van der Waals surface area (Å²) < 4.78 is 15.3. The minimum absolute atomic E-state index is 0.116. The average Bonchev–Trinajstić information content (AvgIpc) is 2.47. The smallest absolute Gasteiger partial charge is 0.251 e. The normalized spacial score (nSPS) is 11.8. The minimum atomic E-state index is -0.210. The van der Waals surface area contributed by atoms with Crippen LogP contribution in [0.3, 0.4) is 0 Å². The molecular weight excluding hydrogens is 260 g/mol. The first-order valence-corrected chi connectivity index (χ1v) is 6.37. The molecule has 1 amide bonds. The highest BCUT2D eigenvalue weighted by molar-refractivity contribution is 5.95. The van der Waals surface area contributed by atoms with E-state index in [0.29, 0.717) is 36.6 Å². The van der Waals surface area contributed by atoms with Gasteiger partial charge in [-0.05, 0) is 25.1 Å². The number of nitrogens with one attached hydrogen (secondary N) is 1. The number of hydrogen-bond donors (Lipinski definition) is 2. The SMILES string of the molecule is COCC(CCN)NC(=O)c1cc(OC)cc(OC)c1. The zero-order valence-electron chi connectivity index (χ0n) is 12.1. The lowest BCUT2D eigenvalue weighted by atomic mass is 10.1. The van der Waals surface area contributed by atoms with E-state index in [1.54, 1.807) is 39.5 Å². The Labute approximate surface area is 119 Å². The summed E-state index contributed by atoms with van der Waals surface area (Å²) in [4.78, 5) is 12.2. The maximum atomic E-state index is 12.2. The van der Waals surface area contributed by atoms with Crippen LogP contribution >= 0.6 is 0 Å². The van der Waals surface area contributed by atoms with Crippen LogP contribution in [-0.4, -0.2) is 46.4 Å². The van der Waals surface area contributed by atoms with Crippen molar-refractivity contribution < 1.29 is 19.0 Å². The molecule has 6 nitrogen and oxygen atoms in total. The first-order chi connectivity index (χ1) is 9.64. The van der Waals surface area contributed by atoms with Gasteiger partial charge in [-0.2, -0.15) is 0 Å². The summed E-state index contributed by atoms with van der Waals surface area (Å²) in [5.41, 5.74) is 5.99. The fourth-order valence-electron chi connectivity index (χ4n) is 1.81. The van der Waals surface area contributed by atoms with Gasteiger partial charge in [0.2, 0.25) is 0 Å². The highest BCUT2D eigenvalue weighted by Crippen LogP contribution is 2.22. The Morgan fingerprint density at radius 3 is 2.25 bits per heavy atom. The van der Waals surface area contributed by atoms with Crippen molar-refractivity contribution in [3.63, 3.8) is 0 Å². The molecule has 6 heteroatoms. The average molecular weight is 282 g/mol. The van der Waals surface area contributed by atoms with Crippen molar-refractivity contribution >= 4 is 5.91 Å². The van der Waals surface area contributed by atoms with Crippen molar-refractivity contribution in [1.29, 1.82) is 0 Å². The largest absolute Gasteiger partial charge is 0.497 e. The molecule has 0 radical (unpaired) electrons. The van der Waals surface area contributed by atoms with E-state index < -0.39 is 0 Å². The lowest BCUT2D eigenvalue weighted by Gasteiger charge is -2.17. The Hall–Kier alpha value is -1.79. The van der Waals surface area contributed by atoms with Crippen LogP contribution in [0.1, 0.15) is 16.8 Å². The molecule has 20 heavy (non-hydrogen) atoms. The van der Waals surface area contributed by atoms with Crippen LogP contribution in [0.5, 0.6) is 11.5 Å². The van der Waals surface area contributed by atoms with Gasteiger partial charge in [0.05, 0.1) is 26.9 Å². The van der Waals surface area contributed by atoms with Gasteiger partial charge in [-0.3, -0.25) is 4.79 Å². The molecular formula is C14H22N2O4. The van der Waals surface area contributed by atoms with Crippen molar-refractivity contribution in [2.24, 2.45) is 5.73 Å². The van der Waals surface area contributed by atoms with E-state index in [4.69, 9.17) is 19.9 Å². The van der Waals surface area contributed by atoms with Crippen LogP contribution in [0.25, 0.3) is 0 Å². The summed E-state index contributed by atoms with van der Waals surface area (Å²) in [6.45, 7) is 0.903. The Kier molecular flexibility index (Phi) is 6.83. The number of hydrogen-bond acceptors (Lipinski definition) is 5. The summed E-state index contributed by atoms with van der Waals surface area (Å²) in [6, 6.07) is 4.91. The second-order valence-electron chi connectivity index (χ2n) is 4.30. The number of benzene rings is 1. The van der Waals surface area contributed by atoms with Crippen LogP contribution in [-0.2, 0) is 4.74 Å². The predicted octanol–water partition coefficient (Wildman–Crippen LogP) is 0.797. The van der Waals surface area contributed by atoms with Crippen molar-refractivity contribution in [3.8, 4) is 11.5 Å². The van der Waals surface area contributed by atoms with Gasteiger partial charge in [-0.25, -0.2) is 0 Å². The molecule has 0 aliphatic carbocycles. The molecule has 1 aromatic carbocycles. The molecule has 0 aliphatic heterocycles. The number of carbonyl (C=O) groups is 1. The van der Waals surface area contributed by atoms with Gasteiger partial charge in [0.25, 0.3) is 5.91 Å². The van der Waals surface area contributed by atoms with E-state index >= 15 is 0 Å². The van der Waals surface area contributed by atoms with Gasteiger partial charge < -0.3 is 25.3 Å². The molecule has 0 fully saturated rings. The molecule has 0 saturated carbocycles. The predicted molar refractivity (Wildman–Crippen MR) is 76.3 cm³/mol. The molecule has 1 unspecified atom stereocenters. The van der Waals surface area contributed by atoms with E-state index in [0.717, 1.165) is 0 Å². The number of carbonyl (C=O) groups excluding carboxylic acids is 1. The van der Waals surface area contributed by atoms with Crippen molar-refractivity contribution in [3.05, 3.63) is 23.8 Å². The molecule has 1 atom stereocenters. The van der Waals surface area contributed by atoms with Gasteiger partial charge >= 0.3 is 0 Å². The fraction of sp³-hybridized carbons (Fsp3) is 0.500. The van der Waals surface area contributed by atoms with Crippen LogP contribution < -0.4 is 20.5 Å². The Morgan fingerprint density at radius 1 is 1.20 bits per heavy atom. The number of amides is 1. The zero-order chi connectivity index (χ0) is 15.0. The first kappa shape index (κ1) is 16.3. The van der Waals surface area contributed by atoms with Gasteiger partial charge in [0.15, 0.2) is 0 Å². The van der Waals surface area contributed by atoms with E-state index in [-0.39, 0.29) is 11.9 Å². The van der Waals surface area contributed by atoms with Crippen LogP contribution in [0, 0.1) is 0 Å². The Morgan fingerprint density at radius 2 is 1.80 bits per heavy atom. The summed E-state index contributed by atoms with van der Waals surface area (Å²) in [7, 11) is 4.67. The van der Waals surface area contributed by atoms with Gasteiger partial charge in [-0.15, -0.1) is 0 Å². The monoisotopic (exact) mass is 282 g/mol. The quantitative estimate of drug-likeness (QED) is 0.737. The van der Waals surface area contributed by atoms with Crippen molar-refractivity contribution in [2.45, 2.75) is 12.5 Å². The van der Waals surface area contributed by atoms with Crippen LogP contribution in [0.15, 0.2) is 18.2 Å². The van der Waals surface area contributed by atoms with E-state index in [1.165, 1.54) is 0 Å². The summed E-state index contributed by atoms with van der Waals surface area (Å²) in [5.74, 6) is 0.922. The molecule has 112 valence electrons. The summed E-state index contributed by atoms with van der Waals surface area (Å²) >= 11 is 0. The molecule has 0 aromatic heterocycles. The third-order valence-corrected chi connectivity index (χ3v) is 2.83. The van der Waals surface area contributed by atoms with Crippen molar-refractivity contribution in [2.75, 3.05) is 34.5 Å². The maximum Gasteiger partial charge on any atom is 0.251 e. The summed E-state index contributed by atoms with van der Waals surface area (Å²) in [6.07, 6.45) is 0.653. The molecule has 0 aliphatic rings. The second kappa shape index (κ2) is 8.39. The standard InChI is InChI=1S/C14H22N2O4/c1-18-9-11(4-5-15)16-14(17)10-6-12(19-2)8-13(7-10)20-3/h6-8,11H,4-5,9,15H2,1-3H3,(H,16,17). The van der Waals surface area contributed by atoms with E-state index in [9.17, 15) is 4.79 Å². The molecule has 1 rings (SSSR count). The van der Waals surface area contributed by atoms with Crippen LogP contribution in [0.2, 0.25) is 0 Å². The molecule has 3 N–H and O–H groups in total. The Balaban J connectivity index is 2.84. The van der Waals surface area contributed by atoms with Gasteiger partial charge in [0.1, 0.15) is 11.5 Å². The van der Waals surface area contributed by atoms with E-state index in [1.807, 2.05) is 0 Å². The van der Waals surface area contributed by atoms with Crippen molar-refractivity contribution in [1.82, 2.24) is 5.32 Å². The lowest BCUT2D eigenvalue weighted by Crippen LogP contribution is -2.39. The number of nitrogens with two attached hydrogens (primary N) is 1. The highest BCUT2D eigenvalue weighted by Gasteiger charge is 2.15. The first-order valence-electron chi connectivity index (χ1n) is 6.37. The number of ether oxygens (including phenoxy) is 3. The number of rotatable bonds is 8. The third kappa shape index (κ3) is 4.71. The maximum absolute atomic E-state index is 12.2. The second-order valence-corrected chi connectivity index (χ2v) is 4.30. The van der Waals surface area contributed by atoms with Crippen LogP contribution in [0.4, 0.5) is 0 Å². The number of methoxy groups -OCH3 is 3. The highest BCUT2D eigenvalue weighted by atomic mass is 16.5. The molecule has 0 bridgehead atoms. The molecule has 0 saturated heterocycles. The van der Waals surface area contributed by atoms with E-state index in [2.05, 4.69) is 5.32 Å².